The zero-order chi connectivity index (χ0) is 13.0. The van der Waals surface area contributed by atoms with Crippen LogP contribution in [-0.2, 0) is 0 Å². The largest absolute Gasteiger partial charge is 0.314 e. The van der Waals surface area contributed by atoms with Crippen molar-refractivity contribution in [2.24, 2.45) is 0 Å². The van der Waals surface area contributed by atoms with Crippen molar-refractivity contribution in [1.82, 2.24) is 15.1 Å². The van der Waals surface area contributed by atoms with Gasteiger partial charge in [-0.15, -0.1) is 0 Å². The summed E-state index contributed by atoms with van der Waals surface area (Å²) in [5.41, 5.74) is 0. The lowest BCUT2D eigenvalue weighted by molar-refractivity contribution is 0.0442. The highest BCUT2D eigenvalue weighted by Crippen LogP contribution is 2.25. The molecular weight excluding hydrogens is 222 g/mol. The number of hydrogen-bond donors (Lipinski definition) is 1. The summed E-state index contributed by atoms with van der Waals surface area (Å²) in [6.45, 7) is 9.49. The molecule has 0 aromatic carbocycles. The fourth-order valence-corrected chi connectivity index (χ4v) is 3.71. The summed E-state index contributed by atoms with van der Waals surface area (Å²) in [6.07, 6.45) is 6.87. The summed E-state index contributed by atoms with van der Waals surface area (Å²) >= 11 is 0. The summed E-state index contributed by atoms with van der Waals surface area (Å²) in [4.78, 5) is 5.32. The van der Waals surface area contributed by atoms with Crippen LogP contribution < -0.4 is 5.32 Å². The van der Waals surface area contributed by atoms with E-state index in [0.717, 1.165) is 24.7 Å². The maximum absolute atomic E-state index is 3.65. The van der Waals surface area contributed by atoms with E-state index in [9.17, 15) is 0 Å². The number of rotatable bonds is 4. The van der Waals surface area contributed by atoms with E-state index in [2.05, 4.69) is 36.0 Å². The molecule has 0 bridgehead atoms. The minimum Gasteiger partial charge on any atom is -0.314 e. The highest BCUT2D eigenvalue weighted by Gasteiger charge is 2.31. The van der Waals surface area contributed by atoms with Gasteiger partial charge in [0.05, 0.1) is 0 Å². The van der Waals surface area contributed by atoms with Crippen LogP contribution >= 0.6 is 0 Å². The molecule has 3 atom stereocenters. The molecule has 1 saturated heterocycles. The first-order valence-electron chi connectivity index (χ1n) is 7.92. The lowest BCUT2D eigenvalue weighted by atomic mass is 9.89. The van der Waals surface area contributed by atoms with Gasteiger partial charge in [-0.1, -0.05) is 20.3 Å². The Kier molecular flexibility index (Phi) is 5.46. The predicted octanol–water partition coefficient (Wildman–Crippen LogP) is 1.93. The highest BCUT2D eigenvalue weighted by atomic mass is 15.3. The van der Waals surface area contributed by atoms with Crippen molar-refractivity contribution in [3.8, 4) is 0 Å². The van der Waals surface area contributed by atoms with E-state index in [1.807, 2.05) is 0 Å². The molecule has 0 aromatic rings. The average Bonchev–Trinajstić information content (AvgIpc) is 2.40. The molecule has 2 aliphatic rings. The number of likely N-dealkylation sites (N-methyl/N-ethyl adjacent to an activating group) is 1. The fraction of sp³-hybridized carbons (Fsp3) is 1.00. The van der Waals surface area contributed by atoms with E-state index in [0.29, 0.717) is 0 Å². The van der Waals surface area contributed by atoms with Crippen LogP contribution in [0.1, 0.15) is 46.0 Å². The molecular formula is C15H31N3. The topological polar surface area (TPSA) is 18.5 Å². The Morgan fingerprint density at radius 2 is 2.00 bits per heavy atom. The zero-order valence-corrected chi connectivity index (χ0v) is 12.5. The van der Waals surface area contributed by atoms with Crippen molar-refractivity contribution in [3.63, 3.8) is 0 Å². The number of nitrogens with zero attached hydrogens (tertiary/aromatic N) is 2. The summed E-state index contributed by atoms with van der Waals surface area (Å²) < 4.78 is 0. The SMILES string of the molecule is CCNC1CCCC(N2CCN(C)C(CC)C2)C1. The molecule has 1 aliphatic heterocycles. The second-order valence-electron chi connectivity index (χ2n) is 6.11. The van der Waals surface area contributed by atoms with Crippen molar-refractivity contribution >= 4 is 0 Å². The minimum absolute atomic E-state index is 0.772. The molecule has 0 radical (unpaired) electrons. The van der Waals surface area contributed by atoms with Crippen LogP contribution in [0.25, 0.3) is 0 Å². The Labute approximate surface area is 113 Å². The van der Waals surface area contributed by atoms with E-state index in [1.54, 1.807) is 0 Å². The van der Waals surface area contributed by atoms with Crippen molar-refractivity contribution < 1.29 is 0 Å². The van der Waals surface area contributed by atoms with Gasteiger partial charge in [-0.05, 0) is 39.3 Å². The van der Waals surface area contributed by atoms with E-state index in [4.69, 9.17) is 0 Å². The van der Waals surface area contributed by atoms with Crippen LogP contribution in [0.4, 0.5) is 0 Å². The quantitative estimate of drug-likeness (QED) is 0.826. The maximum atomic E-state index is 3.65. The van der Waals surface area contributed by atoms with E-state index >= 15 is 0 Å². The zero-order valence-electron chi connectivity index (χ0n) is 12.5. The Morgan fingerprint density at radius 1 is 1.17 bits per heavy atom. The van der Waals surface area contributed by atoms with Crippen molar-refractivity contribution in [1.29, 1.82) is 0 Å². The maximum Gasteiger partial charge on any atom is 0.0218 e. The lowest BCUT2D eigenvalue weighted by Crippen LogP contribution is -2.56. The summed E-state index contributed by atoms with van der Waals surface area (Å²) in [7, 11) is 2.29. The summed E-state index contributed by atoms with van der Waals surface area (Å²) in [6, 6.07) is 2.39. The predicted molar refractivity (Wildman–Crippen MR) is 78.0 cm³/mol. The van der Waals surface area contributed by atoms with Crippen LogP contribution in [0.3, 0.4) is 0 Å². The smallest absolute Gasteiger partial charge is 0.0218 e. The van der Waals surface area contributed by atoms with Gasteiger partial charge in [0.1, 0.15) is 0 Å². The highest BCUT2D eigenvalue weighted by molar-refractivity contribution is 4.88. The second kappa shape index (κ2) is 6.88. The summed E-state index contributed by atoms with van der Waals surface area (Å²) in [5, 5.41) is 3.65. The second-order valence-corrected chi connectivity index (χ2v) is 6.11. The lowest BCUT2D eigenvalue weighted by Gasteiger charge is -2.45. The van der Waals surface area contributed by atoms with Crippen molar-refractivity contribution in [2.75, 3.05) is 33.2 Å². The molecule has 1 aliphatic carbocycles. The normalized spacial score (nSPS) is 35.8. The number of piperazine rings is 1. The molecule has 0 spiro atoms. The van der Waals surface area contributed by atoms with Crippen LogP contribution in [-0.4, -0.2) is 61.2 Å². The molecule has 3 nitrogen and oxygen atoms in total. The van der Waals surface area contributed by atoms with Crippen LogP contribution in [0.5, 0.6) is 0 Å². The van der Waals surface area contributed by atoms with Crippen LogP contribution in [0.15, 0.2) is 0 Å². The molecule has 1 saturated carbocycles. The van der Waals surface area contributed by atoms with Gasteiger partial charge in [0, 0.05) is 37.8 Å². The third-order valence-electron chi connectivity index (χ3n) is 4.94. The molecule has 0 amide bonds. The third kappa shape index (κ3) is 3.46. The van der Waals surface area contributed by atoms with Gasteiger partial charge in [0.25, 0.3) is 0 Å². The monoisotopic (exact) mass is 253 g/mol. The van der Waals surface area contributed by atoms with Gasteiger partial charge in [-0.2, -0.15) is 0 Å². The van der Waals surface area contributed by atoms with Crippen LogP contribution in [0.2, 0.25) is 0 Å². The van der Waals surface area contributed by atoms with Gasteiger partial charge < -0.3 is 10.2 Å². The van der Waals surface area contributed by atoms with Gasteiger partial charge in [-0.25, -0.2) is 0 Å². The molecule has 3 unspecified atom stereocenters. The number of hydrogen-bond acceptors (Lipinski definition) is 3. The third-order valence-corrected chi connectivity index (χ3v) is 4.94. The Bertz CT molecular complexity index is 242. The standard InChI is InChI=1S/C15H31N3/c1-4-14-12-18(10-9-17(14)3)15-8-6-7-13(11-15)16-5-2/h13-16H,4-12H2,1-3H3. The first-order chi connectivity index (χ1) is 8.74. The van der Waals surface area contributed by atoms with Crippen molar-refractivity contribution in [2.45, 2.75) is 64.1 Å². The molecule has 3 heteroatoms. The van der Waals surface area contributed by atoms with E-state index < -0.39 is 0 Å². The molecule has 1 heterocycles. The van der Waals surface area contributed by atoms with Gasteiger partial charge in [0.2, 0.25) is 0 Å². The van der Waals surface area contributed by atoms with E-state index in [-0.39, 0.29) is 0 Å². The number of nitrogens with one attached hydrogen (secondary N) is 1. The molecule has 0 aromatic heterocycles. The summed E-state index contributed by atoms with van der Waals surface area (Å²) in [5.74, 6) is 0. The van der Waals surface area contributed by atoms with Gasteiger partial charge >= 0.3 is 0 Å². The molecule has 106 valence electrons. The fourth-order valence-electron chi connectivity index (χ4n) is 3.71. The molecule has 1 N–H and O–H groups in total. The van der Waals surface area contributed by atoms with E-state index in [1.165, 1.54) is 51.7 Å². The van der Waals surface area contributed by atoms with Crippen molar-refractivity contribution in [3.05, 3.63) is 0 Å². The minimum atomic E-state index is 0.772. The Morgan fingerprint density at radius 3 is 2.72 bits per heavy atom. The molecule has 2 rings (SSSR count). The Balaban J connectivity index is 1.86. The van der Waals surface area contributed by atoms with Crippen LogP contribution in [0, 0.1) is 0 Å². The first kappa shape index (κ1) is 14.3. The average molecular weight is 253 g/mol. The van der Waals surface area contributed by atoms with Gasteiger partial charge in [-0.3, -0.25) is 4.90 Å². The first-order valence-corrected chi connectivity index (χ1v) is 7.92. The Hall–Kier alpha value is -0.120. The molecule has 2 fully saturated rings. The molecule has 18 heavy (non-hydrogen) atoms. The van der Waals surface area contributed by atoms with Gasteiger partial charge in [0.15, 0.2) is 0 Å².